The average molecular weight is 395 g/mol. The van der Waals surface area contributed by atoms with Gasteiger partial charge in [-0.2, -0.15) is 0 Å². The van der Waals surface area contributed by atoms with Crippen LogP contribution in [0.2, 0.25) is 0 Å². The molecule has 1 aliphatic heterocycles. The highest BCUT2D eigenvalue weighted by Crippen LogP contribution is 2.48. The number of hydrogen-bond acceptors (Lipinski definition) is 6. The SMILES string of the molecule is CCCCC(C(=O)OC)n1cc2c3c(ccc(O)c3c1=O)Oc1ccc(O)cc1-2. The lowest BCUT2D eigenvalue weighted by atomic mass is 9.95. The Morgan fingerprint density at radius 3 is 2.62 bits per heavy atom. The first kappa shape index (κ1) is 18.9. The molecule has 2 heterocycles. The molecule has 0 saturated heterocycles. The van der Waals surface area contributed by atoms with Gasteiger partial charge in [-0.25, -0.2) is 4.79 Å². The summed E-state index contributed by atoms with van der Waals surface area (Å²) in [5.41, 5.74) is 0.663. The van der Waals surface area contributed by atoms with Crippen LogP contribution in [0.1, 0.15) is 32.2 Å². The second kappa shape index (κ2) is 7.16. The molecule has 4 rings (SSSR count). The maximum atomic E-state index is 13.3. The minimum absolute atomic E-state index is 0.0392. The van der Waals surface area contributed by atoms with E-state index in [4.69, 9.17) is 9.47 Å². The van der Waals surface area contributed by atoms with Crippen molar-refractivity contribution in [2.75, 3.05) is 7.11 Å². The Labute approximate surface area is 166 Å². The van der Waals surface area contributed by atoms with Crippen molar-refractivity contribution >= 4 is 16.7 Å². The van der Waals surface area contributed by atoms with Crippen LogP contribution in [0.3, 0.4) is 0 Å². The van der Waals surface area contributed by atoms with Gasteiger partial charge in [0.25, 0.3) is 5.56 Å². The van der Waals surface area contributed by atoms with Crippen molar-refractivity contribution in [2.24, 2.45) is 0 Å². The minimum atomic E-state index is -0.820. The quantitative estimate of drug-likeness (QED) is 0.494. The molecule has 0 spiro atoms. The molecule has 0 radical (unpaired) electrons. The molecule has 0 bridgehead atoms. The van der Waals surface area contributed by atoms with Crippen LogP contribution in [0.15, 0.2) is 41.3 Å². The molecule has 0 amide bonds. The smallest absolute Gasteiger partial charge is 0.328 e. The fourth-order valence-corrected chi connectivity index (χ4v) is 3.81. The Balaban J connectivity index is 2.07. The van der Waals surface area contributed by atoms with Gasteiger partial charge >= 0.3 is 5.97 Å². The van der Waals surface area contributed by atoms with E-state index >= 15 is 0 Å². The van der Waals surface area contributed by atoms with Gasteiger partial charge in [0.1, 0.15) is 29.0 Å². The largest absolute Gasteiger partial charge is 0.508 e. The van der Waals surface area contributed by atoms with Crippen LogP contribution in [0, 0.1) is 0 Å². The molecule has 29 heavy (non-hydrogen) atoms. The first-order chi connectivity index (χ1) is 14.0. The zero-order valence-electron chi connectivity index (χ0n) is 16.1. The second-order valence-electron chi connectivity index (χ2n) is 7.05. The van der Waals surface area contributed by atoms with Crippen molar-refractivity contribution in [2.45, 2.75) is 32.2 Å². The summed E-state index contributed by atoms with van der Waals surface area (Å²) in [6, 6.07) is 6.85. The van der Waals surface area contributed by atoms with Gasteiger partial charge in [-0.3, -0.25) is 9.36 Å². The molecule has 2 aromatic carbocycles. The lowest BCUT2D eigenvalue weighted by Crippen LogP contribution is -2.31. The Morgan fingerprint density at radius 2 is 1.90 bits per heavy atom. The molecular weight excluding hydrogens is 374 g/mol. The molecule has 0 aliphatic carbocycles. The van der Waals surface area contributed by atoms with Gasteiger partial charge in [-0.15, -0.1) is 0 Å². The third kappa shape index (κ3) is 2.99. The number of benzene rings is 2. The first-order valence-corrected chi connectivity index (χ1v) is 9.46. The zero-order chi connectivity index (χ0) is 20.7. The molecule has 7 nitrogen and oxygen atoms in total. The molecule has 1 unspecified atom stereocenters. The Hall–Kier alpha value is -3.48. The van der Waals surface area contributed by atoms with E-state index in [1.165, 1.54) is 29.9 Å². The number of nitrogens with zero attached hydrogens (tertiary/aromatic N) is 1. The van der Waals surface area contributed by atoms with Crippen LogP contribution in [0.5, 0.6) is 23.0 Å². The lowest BCUT2D eigenvalue weighted by molar-refractivity contribution is -0.144. The van der Waals surface area contributed by atoms with E-state index in [1.54, 1.807) is 18.3 Å². The summed E-state index contributed by atoms with van der Waals surface area (Å²) in [5.74, 6) is 0.257. The summed E-state index contributed by atoms with van der Waals surface area (Å²) in [5, 5.41) is 21.0. The van der Waals surface area contributed by atoms with Gasteiger partial charge in [0.15, 0.2) is 0 Å². The molecule has 2 N–H and O–H groups in total. The number of carbonyl (C=O) groups is 1. The van der Waals surface area contributed by atoms with E-state index in [2.05, 4.69) is 0 Å². The number of pyridine rings is 1. The van der Waals surface area contributed by atoms with Crippen LogP contribution >= 0.6 is 0 Å². The van der Waals surface area contributed by atoms with E-state index in [-0.39, 0.29) is 16.9 Å². The number of ether oxygens (including phenoxy) is 2. The number of fused-ring (bicyclic) bond motifs is 2. The Bertz CT molecular complexity index is 1180. The monoisotopic (exact) mass is 395 g/mol. The van der Waals surface area contributed by atoms with E-state index in [9.17, 15) is 19.8 Å². The predicted octanol–water partition coefficient (Wildman–Crippen LogP) is 4.09. The number of aromatic hydroxyl groups is 2. The van der Waals surface area contributed by atoms with Crippen LogP contribution in [-0.2, 0) is 9.53 Å². The Kier molecular flexibility index (Phi) is 4.66. The van der Waals surface area contributed by atoms with E-state index < -0.39 is 17.6 Å². The molecule has 1 aliphatic rings. The van der Waals surface area contributed by atoms with Gasteiger partial charge in [0.2, 0.25) is 0 Å². The summed E-state index contributed by atoms with van der Waals surface area (Å²) in [7, 11) is 1.29. The highest BCUT2D eigenvalue weighted by molar-refractivity contribution is 6.06. The summed E-state index contributed by atoms with van der Waals surface area (Å²) < 4.78 is 12.1. The van der Waals surface area contributed by atoms with Crippen molar-refractivity contribution in [3.05, 3.63) is 46.9 Å². The summed E-state index contributed by atoms with van der Waals surface area (Å²) in [4.78, 5) is 25.8. The summed E-state index contributed by atoms with van der Waals surface area (Å²) in [6.45, 7) is 2.00. The van der Waals surface area contributed by atoms with Crippen molar-refractivity contribution in [3.8, 4) is 34.1 Å². The van der Waals surface area contributed by atoms with Gasteiger partial charge < -0.3 is 19.7 Å². The van der Waals surface area contributed by atoms with Gasteiger partial charge in [-0.1, -0.05) is 19.8 Å². The predicted molar refractivity (Wildman–Crippen MR) is 108 cm³/mol. The number of esters is 1. The van der Waals surface area contributed by atoms with Crippen LogP contribution in [0.25, 0.3) is 21.9 Å². The molecule has 3 aromatic rings. The normalized spacial score (nSPS) is 12.9. The molecule has 0 fully saturated rings. The number of phenols is 2. The lowest BCUT2D eigenvalue weighted by Gasteiger charge is -2.25. The third-order valence-electron chi connectivity index (χ3n) is 5.24. The van der Waals surface area contributed by atoms with Gasteiger partial charge in [0, 0.05) is 22.7 Å². The van der Waals surface area contributed by atoms with E-state index in [0.717, 1.165) is 12.8 Å². The Morgan fingerprint density at radius 1 is 1.14 bits per heavy atom. The molecule has 1 atom stereocenters. The number of hydrogen-bond donors (Lipinski definition) is 2. The standard InChI is InChI=1S/C22H21NO6/c1-3-4-5-15(22(27)28-2)23-11-14-13-10-12(24)6-8-17(13)29-18-9-7-16(25)20(19(14)18)21(23)26/h6-11,15,24-25H,3-5H2,1-2H3. The number of phenolic OH excluding ortho intramolecular Hbond substituents is 2. The number of carbonyl (C=O) groups excluding carboxylic acids is 1. The van der Waals surface area contributed by atoms with Gasteiger partial charge in [0.05, 0.1) is 12.5 Å². The third-order valence-corrected chi connectivity index (χ3v) is 5.24. The highest BCUT2D eigenvalue weighted by Gasteiger charge is 2.29. The van der Waals surface area contributed by atoms with Crippen LogP contribution in [0.4, 0.5) is 0 Å². The fourth-order valence-electron chi connectivity index (χ4n) is 3.81. The first-order valence-electron chi connectivity index (χ1n) is 9.46. The van der Waals surface area contributed by atoms with Crippen molar-refractivity contribution < 1.29 is 24.5 Å². The van der Waals surface area contributed by atoms with Crippen molar-refractivity contribution in [1.29, 1.82) is 0 Å². The van der Waals surface area contributed by atoms with E-state index in [0.29, 0.717) is 34.4 Å². The van der Waals surface area contributed by atoms with E-state index in [1.807, 2.05) is 6.92 Å². The summed E-state index contributed by atoms with van der Waals surface area (Å²) >= 11 is 0. The molecule has 1 aromatic heterocycles. The molecule has 0 saturated carbocycles. The highest BCUT2D eigenvalue weighted by atomic mass is 16.5. The maximum Gasteiger partial charge on any atom is 0.328 e. The number of unbranched alkanes of at least 4 members (excludes halogenated alkanes) is 1. The van der Waals surface area contributed by atoms with Crippen LogP contribution < -0.4 is 10.3 Å². The fraction of sp³-hybridized carbons (Fsp3) is 0.273. The van der Waals surface area contributed by atoms with Gasteiger partial charge in [-0.05, 0) is 36.8 Å². The summed E-state index contributed by atoms with van der Waals surface area (Å²) in [6.07, 6.45) is 3.60. The average Bonchev–Trinajstić information content (AvgIpc) is 2.72. The molecule has 150 valence electrons. The number of methoxy groups -OCH3 is 1. The zero-order valence-corrected chi connectivity index (χ0v) is 16.1. The minimum Gasteiger partial charge on any atom is -0.508 e. The second-order valence-corrected chi connectivity index (χ2v) is 7.05. The molecular formula is C22H21NO6. The molecule has 7 heteroatoms. The number of aromatic nitrogens is 1. The maximum absolute atomic E-state index is 13.3. The van der Waals surface area contributed by atoms with Crippen LogP contribution in [-0.4, -0.2) is 27.9 Å². The number of rotatable bonds is 5. The topological polar surface area (TPSA) is 98.0 Å². The van der Waals surface area contributed by atoms with Crippen molar-refractivity contribution in [3.63, 3.8) is 0 Å². The van der Waals surface area contributed by atoms with Crippen molar-refractivity contribution in [1.82, 2.24) is 4.57 Å².